The summed E-state index contributed by atoms with van der Waals surface area (Å²) in [7, 11) is 0. The third kappa shape index (κ3) is 36.1. The van der Waals surface area contributed by atoms with Crippen LogP contribution in [0.2, 0.25) is 0 Å². The summed E-state index contributed by atoms with van der Waals surface area (Å²) in [6.45, 7) is 12.8. The standard InChI is InChI=1S/2C6H14N.ClH.Nd/c2*1-3-5-7-6-4-2;;/h2*3-6H2,1-2H3;1H;/q2*-1;;+3/p-1. The van der Waals surface area contributed by atoms with Crippen LogP contribution in [0.1, 0.15) is 53.4 Å². The van der Waals surface area contributed by atoms with Gasteiger partial charge in [0.1, 0.15) is 0 Å². The van der Waals surface area contributed by atoms with E-state index in [1.54, 1.807) is 0 Å². The van der Waals surface area contributed by atoms with Crippen LogP contribution < -0.4 is 12.4 Å². The SMILES string of the molecule is CCC[N-]CCC.CCC[N-]CCC.[Cl-].[Nd+3]. The number of rotatable bonds is 8. The second-order valence-corrected chi connectivity index (χ2v) is 3.34. The quantitative estimate of drug-likeness (QED) is 0.570. The zero-order chi connectivity index (χ0) is 11.1. The maximum absolute atomic E-state index is 4.21. The zero-order valence-corrected chi connectivity index (χ0v) is 15.4. The first-order valence-corrected chi connectivity index (χ1v) is 6.09. The Balaban J connectivity index is -0.0000000800. The fraction of sp³-hybridized carbons (Fsp3) is 1.00. The molecule has 97 valence electrons. The van der Waals surface area contributed by atoms with E-state index in [1.165, 1.54) is 25.7 Å². The van der Waals surface area contributed by atoms with Crippen molar-refractivity contribution in [1.82, 2.24) is 0 Å². The van der Waals surface area contributed by atoms with Crippen LogP contribution in [0, 0.1) is 40.8 Å². The summed E-state index contributed by atoms with van der Waals surface area (Å²) < 4.78 is 0. The van der Waals surface area contributed by atoms with Gasteiger partial charge in [-0.3, -0.25) is 0 Å². The topological polar surface area (TPSA) is 28.2 Å². The summed E-state index contributed by atoms with van der Waals surface area (Å²) >= 11 is 0. The van der Waals surface area contributed by atoms with Crippen molar-refractivity contribution >= 4 is 0 Å². The van der Waals surface area contributed by atoms with Gasteiger partial charge in [0.25, 0.3) is 0 Å². The first-order chi connectivity index (χ1) is 6.83. The molecule has 1 radical (unpaired) electrons. The Morgan fingerprint density at radius 1 is 0.562 bits per heavy atom. The molecule has 0 rings (SSSR count). The molecule has 0 amide bonds. The van der Waals surface area contributed by atoms with E-state index >= 15 is 0 Å². The number of halogens is 1. The zero-order valence-electron chi connectivity index (χ0n) is 11.4. The molecule has 0 aliphatic rings. The molecular weight excluding hydrogens is 352 g/mol. The molecule has 0 N–H and O–H groups in total. The van der Waals surface area contributed by atoms with Gasteiger partial charge in [0, 0.05) is 0 Å². The molecule has 0 heterocycles. The second-order valence-electron chi connectivity index (χ2n) is 3.34. The Hall–Kier alpha value is 1.56. The van der Waals surface area contributed by atoms with Crippen molar-refractivity contribution in [3.63, 3.8) is 0 Å². The summed E-state index contributed by atoms with van der Waals surface area (Å²) in [5.74, 6) is 0. The first kappa shape index (κ1) is 26.2. The molecule has 0 aliphatic heterocycles. The Labute approximate surface area is 142 Å². The maximum Gasteiger partial charge on any atom is 3.00 e. The van der Waals surface area contributed by atoms with Crippen LogP contribution in [0.5, 0.6) is 0 Å². The van der Waals surface area contributed by atoms with Crippen LogP contribution >= 0.6 is 0 Å². The van der Waals surface area contributed by atoms with Gasteiger partial charge in [0.05, 0.1) is 0 Å². The van der Waals surface area contributed by atoms with Crippen molar-refractivity contribution in [3.8, 4) is 0 Å². The Morgan fingerprint density at radius 2 is 0.750 bits per heavy atom. The van der Waals surface area contributed by atoms with Crippen LogP contribution in [-0.4, -0.2) is 26.2 Å². The van der Waals surface area contributed by atoms with Gasteiger partial charge in [-0.15, -0.1) is 26.2 Å². The van der Waals surface area contributed by atoms with E-state index in [0.717, 1.165) is 26.2 Å². The minimum Gasteiger partial charge on any atom is -1.00 e. The molecule has 0 bridgehead atoms. The van der Waals surface area contributed by atoms with Gasteiger partial charge < -0.3 is 23.0 Å². The summed E-state index contributed by atoms with van der Waals surface area (Å²) in [5.41, 5.74) is 0. The molecule has 0 saturated heterocycles. The molecule has 0 spiro atoms. The molecular formula is C12H28ClN2Nd. The fourth-order valence-corrected chi connectivity index (χ4v) is 0.856. The van der Waals surface area contributed by atoms with Gasteiger partial charge in [-0.05, 0) is 0 Å². The third-order valence-electron chi connectivity index (χ3n) is 1.53. The Kier molecular flexibility index (Phi) is 49.1. The Morgan fingerprint density at radius 3 is 0.875 bits per heavy atom. The largest absolute Gasteiger partial charge is 3.00 e. The van der Waals surface area contributed by atoms with Crippen molar-refractivity contribution in [3.05, 3.63) is 10.6 Å². The second kappa shape index (κ2) is 30.0. The van der Waals surface area contributed by atoms with E-state index in [-0.39, 0.29) is 53.2 Å². The summed E-state index contributed by atoms with van der Waals surface area (Å²) in [4.78, 5) is 0. The molecule has 0 fully saturated rings. The van der Waals surface area contributed by atoms with E-state index < -0.39 is 0 Å². The molecule has 0 saturated carbocycles. The van der Waals surface area contributed by atoms with Crippen molar-refractivity contribution < 1.29 is 53.2 Å². The minimum atomic E-state index is 0. The average molecular weight is 380 g/mol. The Bertz CT molecular complexity index is 67.4. The minimum absolute atomic E-state index is 0. The van der Waals surface area contributed by atoms with Gasteiger partial charge in [0.2, 0.25) is 0 Å². The monoisotopic (exact) mass is 377 g/mol. The molecule has 0 aromatic heterocycles. The van der Waals surface area contributed by atoms with Gasteiger partial charge in [-0.25, -0.2) is 0 Å². The van der Waals surface area contributed by atoms with Gasteiger partial charge >= 0.3 is 40.8 Å². The van der Waals surface area contributed by atoms with Gasteiger partial charge in [-0.2, -0.15) is 0 Å². The number of nitrogens with zero attached hydrogens (tertiary/aromatic N) is 2. The van der Waals surface area contributed by atoms with Crippen molar-refractivity contribution in [2.75, 3.05) is 26.2 Å². The molecule has 0 unspecified atom stereocenters. The van der Waals surface area contributed by atoms with Crippen LogP contribution in [0.3, 0.4) is 0 Å². The molecule has 16 heavy (non-hydrogen) atoms. The van der Waals surface area contributed by atoms with E-state index in [9.17, 15) is 0 Å². The fourth-order valence-electron chi connectivity index (χ4n) is 0.856. The summed E-state index contributed by atoms with van der Waals surface area (Å²) in [6, 6.07) is 0. The maximum atomic E-state index is 4.21. The normalized spacial score (nSPS) is 8.25. The summed E-state index contributed by atoms with van der Waals surface area (Å²) in [6.07, 6.45) is 4.78. The van der Waals surface area contributed by atoms with E-state index in [2.05, 4.69) is 38.3 Å². The van der Waals surface area contributed by atoms with Crippen LogP contribution in [0.4, 0.5) is 0 Å². The third-order valence-corrected chi connectivity index (χ3v) is 1.53. The van der Waals surface area contributed by atoms with Crippen molar-refractivity contribution in [2.24, 2.45) is 0 Å². The first-order valence-electron chi connectivity index (χ1n) is 6.09. The van der Waals surface area contributed by atoms with E-state index in [4.69, 9.17) is 0 Å². The predicted octanol–water partition coefficient (Wildman–Crippen LogP) is 1.36. The van der Waals surface area contributed by atoms with E-state index in [0.29, 0.717) is 0 Å². The molecule has 2 nitrogen and oxygen atoms in total. The predicted molar refractivity (Wildman–Crippen MR) is 67.4 cm³/mol. The molecule has 4 heteroatoms. The van der Waals surface area contributed by atoms with Gasteiger partial charge in [0.15, 0.2) is 0 Å². The molecule has 0 aromatic carbocycles. The number of hydrogen-bond donors (Lipinski definition) is 0. The molecule has 0 aromatic rings. The number of hydrogen-bond acceptors (Lipinski definition) is 0. The van der Waals surface area contributed by atoms with Crippen LogP contribution in [0.15, 0.2) is 0 Å². The van der Waals surface area contributed by atoms with Crippen molar-refractivity contribution in [2.45, 2.75) is 53.4 Å². The average Bonchev–Trinajstić information content (AvgIpc) is 2.21. The molecule has 0 aliphatic carbocycles. The smallest absolute Gasteiger partial charge is 1.00 e. The molecule has 0 atom stereocenters. The van der Waals surface area contributed by atoms with Crippen LogP contribution in [-0.2, 0) is 0 Å². The van der Waals surface area contributed by atoms with Crippen molar-refractivity contribution in [1.29, 1.82) is 0 Å². The summed E-state index contributed by atoms with van der Waals surface area (Å²) in [5, 5.41) is 8.42. The van der Waals surface area contributed by atoms with E-state index in [1.807, 2.05) is 0 Å². The van der Waals surface area contributed by atoms with Crippen LogP contribution in [0.25, 0.3) is 10.6 Å². The van der Waals surface area contributed by atoms with Gasteiger partial charge in [-0.1, -0.05) is 53.4 Å².